The van der Waals surface area contributed by atoms with Gasteiger partial charge in [0.25, 0.3) is 0 Å². The van der Waals surface area contributed by atoms with Crippen molar-refractivity contribution in [3.05, 3.63) is 48.8 Å². The summed E-state index contributed by atoms with van der Waals surface area (Å²) in [7, 11) is 3.64. The molecule has 0 aromatic carbocycles. The Morgan fingerprint density at radius 1 is 1.12 bits per heavy atom. The van der Waals surface area contributed by atoms with Crippen LogP contribution in [0.25, 0.3) is 0 Å². The summed E-state index contributed by atoms with van der Waals surface area (Å²) in [4.78, 5) is 13.6. The van der Waals surface area contributed by atoms with E-state index in [1.54, 1.807) is 7.11 Å². The first-order chi connectivity index (χ1) is 11.3. The first-order valence-corrected chi connectivity index (χ1v) is 8.22. The van der Waals surface area contributed by atoms with Crippen LogP contribution in [0.5, 0.6) is 0 Å². The molecule has 1 aliphatic carbocycles. The number of carbonyl (C=O) groups is 1. The van der Waals surface area contributed by atoms with Crippen LogP contribution in [-0.2, 0) is 14.4 Å². The van der Waals surface area contributed by atoms with E-state index in [4.69, 9.17) is 14.4 Å². The van der Waals surface area contributed by atoms with Crippen LogP contribution in [-0.4, -0.2) is 31.7 Å². The number of hydroxylamine groups is 2. The minimum atomic E-state index is -0.353. The molecule has 0 saturated carbocycles. The Bertz CT molecular complexity index is 466. The molecule has 0 spiro atoms. The molecule has 1 fully saturated rings. The van der Waals surface area contributed by atoms with Crippen molar-refractivity contribution in [2.24, 2.45) is 11.3 Å². The Morgan fingerprint density at radius 2 is 1.54 bits per heavy atom. The third kappa shape index (κ3) is 5.46. The first-order valence-electron chi connectivity index (χ1n) is 8.22. The molecule has 0 aromatic rings. The van der Waals surface area contributed by atoms with Crippen molar-refractivity contribution >= 4 is 6.79 Å². The number of ether oxygens (including phenoxy) is 1. The fourth-order valence-electron chi connectivity index (χ4n) is 2.16. The lowest BCUT2D eigenvalue weighted by atomic mass is 9.79. The average molecular weight is 338 g/mol. The van der Waals surface area contributed by atoms with Crippen molar-refractivity contribution in [3.63, 3.8) is 0 Å². The van der Waals surface area contributed by atoms with Gasteiger partial charge in [-0.15, -0.1) is 13.2 Å². The predicted octanol–water partition coefficient (Wildman–Crippen LogP) is 4.91. The molecule has 1 heterocycles. The summed E-state index contributed by atoms with van der Waals surface area (Å²) in [6, 6.07) is 0. The number of hydrogen-bond acceptors (Lipinski definition) is 4. The van der Waals surface area contributed by atoms with Crippen molar-refractivity contribution in [1.82, 2.24) is 5.06 Å². The third-order valence-electron chi connectivity index (χ3n) is 4.32. The van der Waals surface area contributed by atoms with Gasteiger partial charge < -0.3 is 9.53 Å². The monoisotopic (exact) mass is 337 g/mol. The second-order valence-electron chi connectivity index (χ2n) is 5.74. The molecule has 24 heavy (non-hydrogen) atoms. The molecule has 0 aromatic heterocycles. The number of likely N-dealkylation sites (N-methyl/N-ethyl adjacent to an activating group) is 1. The zero-order valence-electron chi connectivity index (χ0n) is 16.7. The average Bonchev–Trinajstić information content (AvgIpc) is 3.27. The second-order valence-corrected chi connectivity index (χ2v) is 5.74. The SMILES string of the molecule is C=C.C=O.CC.COC1=C(C2(C)ON2C)C=CC(C)(C(C)C)C=C1. The van der Waals surface area contributed by atoms with Crippen molar-refractivity contribution in [2.75, 3.05) is 14.2 Å². The first kappa shape index (κ1) is 24.6. The number of carbonyl (C=O) groups excluding carboxylic acids is 1. The van der Waals surface area contributed by atoms with Crippen LogP contribution in [0.4, 0.5) is 0 Å². The summed E-state index contributed by atoms with van der Waals surface area (Å²) < 4.78 is 5.51. The molecular weight excluding hydrogens is 302 g/mol. The Morgan fingerprint density at radius 3 is 1.88 bits per heavy atom. The van der Waals surface area contributed by atoms with Gasteiger partial charge in [-0.05, 0) is 18.9 Å². The van der Waals surface area contributed by atoms with Crippen molar-refractivity contribution in [2.45, 2.75) is 47.3 Å². The number of nitrogens with zero attached hydrogens (tertiary/aromatic N) is 1. The van der Waals surface area contributed by atoms with Gasteiger partial charge in [-0.2, -0.15) is 5.06 Å². The summed E-state index contributed by atoms with van der Waals surface area (Å²) in [6.07, 6.45) is 8.67. The highest BCUT2D eigenvalue weighted by Crippen LogP contribution is 2.44. The summed E-state index contributed by atoms with van der Waals surface area (Å²) in [6.45, 7) is 20.7. The second kappa shape index (κ2) is 11.0. The summed E-state index contributed by atoms with van der Waals surface area (Å²) >= 11 is 0. The minimum Gasteiger partial charge on any atom is -0.496 e. The number of methoxy groups -OCH3 is 1. The maximum Gasteiger partial charge on any atom is 0.190 e. The lowest BCUT2D eigenvalue weighted by Gasteiger charge is -2.26. The standard InChI is InChI=1S/C15H23NO2.C2H6.C2H4.CH2O/c1-11(2)14(3)9-7-12(13(17-6)8-10-14)15(4)16(5)18-15;3*1-2/h7-11H,1-6H3;1-2H3;1-2H2;1H2. The van der Waals surface area contributed by atoms with Gasteiger partial charge in [0.15, 0.2) is 5.72 Å². The fraction of sp³-hybridized carbons (Fsp3) is 0.550. The molecule has 0 amide bonds. The van der Waals surface area contributed by atoms with Crippen LogP contribution in [0.3, 0.4) is 0 Å². The molecule has 138 valence electrons. The normalized spacial score (nSPS) is 30.0. The topological polar surface area (TPSA) is 41.8 Å². The molecule has 1 aliphatic heterocycles. The zero-order valence-corrected chi connectivity index (χ0v) is 16.7. The van der Waals surface area contributed by atoms with Crippen LogP contribution in [0.1, 0.15) is 41.5 Å². The molecule has 2 aliphatic rings. The van der Waals surface area contributed by atoms with E-state index in [0.717, 1.165) is 11.3 Å². The molecular formula is C20H35NO3. The summed E-state index contributed by atoms with van der Waals surface area (Å²) in [5, 5.41) is 1.84. The van der Waals surface area contributed by atoms with Gasteiger partial charge in [0.05, 0.1) is 7.11 Å². The van der Waals surface area contributed by atoms with Gasteiger partial charge in [-0.1, -0.05) is 52.8 Å². The van der Waals surface area contributed by atoms with Gasteiger partial charge in [0.1, 0.15) is 12.5 Å². The fourth-order valence-corrected chi connectivity index (χ4v) is 2.16. The van der Waals surface area contributed by atoms with Crippen LogP contribution >= 0.6 is 0 Å². The smallest absolute Gasteiger partial charge is 0.190 e. The molecule has 0 bridgehead atoms. The maximum atomic E-state index is 8.00. The Balaban J connectivity index is 0. The minimum absolute atomic E-state index is 0.0509. The quantitative estimate of drug-likeness (QED) is 0.542. The number of allylic oxidation sites excluding steroid dienone is 3. The van der Waals surface area contributed by atoms with Crippen molar-refractivity contribution in [3.8, 4) is 0 Å². The van der Waals surface area contributed by atoms with Gasteiger partial charge in [-0.25, -0.2) is 0 Å². The van der Waals surface area contributed by atoms with E-state index in [-0.39, 0.29) is 11.1 Å². The molecule has 4 heteroatoms. The molecule has 3 unspecified atom stereocenters. The highest BCUT2D eigenvalue weighted by atomic mass is 16.9. The van der Waals surface area contributed by atoms with Crippen LogP contribution in [0.2, 0.25) is 0 Å². The van der Waals surface area contributed by atoms with E-state index in [2.05, 4.69) is 65.2 Å². The zero-order chi connectivity index (χ0) is 19.6. The molecule has 1 saturated heterocycles. The summed E-state index contributed by atoms with van der Waals surface area (Å²) in [5.41, 5.74) is 0.775. The Kier molecular flexibility index (Phi) is 11.3. The highest BCUT2D eigenvalue weighted by molar-refractivity contribution is 5.42. The van der Waals surface area contributed by atoms with E-state index in [1.807, 2.05) is 32.7 Å². The Hall–Kier alpha value is -1.65. The lowest BCUT2D eigenvalue weighted by molar-refractivity contribution is -0.0979. The van der Waals surface area contributed by atoms with Crippen molar-refractivity contribution < 1.29 is 14.4 Å². The predicted molar refractivity (Wildman–Crippen MR) is 102 cm³/mol. The lowest BCUT2D eigenvalue weighted by Crippen LogP contribution is -2.18. The molecule has 0 N–H and O–H groups in total. The van der Waals surface area contributed by atoms with Gasteiger partial charge in [0, 0.05) is 18.0 Å². The van der Waals surface area contributed by atoms with E-state index in [9.17, 15) is 0 Å². The van der Waals surface area contributed by atoms with E-state index < -0.39 is 0 Å². The van der Waals surface area contributed by atoms with Gasteiger partial charge in [0.2, 0.25) is 0 Å². The summed E-state index contributed by atoms with van der Waals surface area (Å²) in [5.74, 6) is 1.41. The molecule has 0 radical (unpaired) electrons. The van der Waals surface area contributed by atoms with Gasteiger partial charge in [-0.3, -0.25) is 4.84 Å². The van der Waals surface area contributed by atoms with E-state index >= 15 is 0 Å². The highest BCUT2D eigenvalue weighted by Gasteiger charge is 2.52. The van der Waals surface area contributed by atoms with E-state index in [1.165, 1.54) is 0 Å². The van der Waals surface area contributed by atoms with Crippen LogP contribution in [0.15, 0.2) is 48.8 Å². The van der Waals surface area contributed by atoms with Gasteiger partial charge >= 0.3 is 0 Å². The molecule has 3 atom stereocenters. The van der Waals surface area contributed by atoms with Crippen LogP contribution in [0, 0.1) is 11.3 Å². The number of rotatable bonds is 3. The number of hydrogen-bond donors (Lipinski definition) is 0. The Labute approximate surface area is 148 Å². The molecule has 4 nitrogen and oxygen atoms in total. The van der Waals surface area contributed by atoms with Crippen LogP contribution < -0.4 is 0 Å². The molecule has 2 rings (SSSR count). The maximum absolute atomic E-state index is 8.00. The third-order valence-corrected chi connectivity index (χ3v) is 4.32. The largest absolute Gasteiger partial charge is 0.496 e. The van der Waals surface area contributed by atoms with E-state index in [0.29, 0.717) is 5.92 Å². The van der Waals surface area contributed by atoms with Crippen molar-refractivity contribution in [1.29, 1.82) is 0 Å².